The summed E-state index contributed by atoms with van der Waals surface area (Å²) in [5.74, 6) is -0.443. The second-order valence-electron chi connectivity index (χ2n) is 8.02. The summed E-state index contributed by atoms with van der Waals surface area (Å²) in [6.07, 6.45) is 0.219. The molecule has 7 nitrogen and oxygen atoms in total. The quantitative estimate of drug-likeness (QED) is 0.557. The first-order chi connectivity index (χ1) is 14.0. The number of nitrogens with one attached hydrogen (secondary N) is 2. The molecular formula is C22H27N3O4S. The average molecular weight is 430 g/mol. The Morgan fingerprint density at radius 1 is 1.10 bits per heavy atom. The molecule has 0 aliphatic rings. The Morgan fingerprint density at radius 3 is 2.23 bits per heavy atom. The fraction of sp³-hybridized carbons (Fsp3) is 0.364. The number of amides is 1. The second kappa shape index (κ2) is 9.74. The van der Waals surface area contributed by atoms with Crippen LogP contribution in [-0.2, 0) is 26.7 Å². The third kappa shape index (κ3) is 6.58. The summed E-state index contributed by atoms with van der Waals surface area (Å²) < 4.78 is 28.3. The van der Waals surface area contributed by atoms with E-state index in [-0.39, 0.29) is 35.4 Å². The first-order valence-electron chi connectivity index (χ1n) is 9.58. The minimum Gasteiger partial charge on any atom is -0.508 e. The number of carbonyl (C=O) groups excluding carboxylic acids is 1. The van der Waals surface area contributed by atoms with Crippen LogP contribution in [0, 0.1) is 11.3 Å². The molecule has 1 atom stereocenters. The van der Waals surface area contributed by atoms with E-state index in [2.05, 4.69) is 10.0 Å². The molecule has 0 aliphatic carbocycles. The Balaban J connectivity index is 2.25. The van der Waals surface area contributed by atoms with Gasteiger partial charge in [0.15, 0.2) is 0 Å². The van der Waals surface area contributed by atoms with Gasteiger partial charge in [-0.15, -0.1) is 0 Å². The number of carbonyl (C=O) groups is 1. The van der Waals surface area contributed by atoms with Crippen LogP contribution in [-0.4, -0.2) is 32.0 Å². The first kappa shape index (κ1) is 23.4. The Hall–Kier alpha value is -2.89. The highest BCUT2D eigenvalue weighted by Crippen LogP contribution is 2.23. The van der Waals surface area contributed by atoms with Crippen LogP contribution in [0.2, 0.25) is 0 Å². The molecule has 30 heavy (non-hydrogen) atoms. The van der Waals surface area contributed by atoms with Gasteiger partial charge in [0.2, 0.25) is 15.9 Å². The highest BCUT2D eigenvalue weighted by molar-refractivity contribution is 7.89. The van der Waals surface area contributed by atoms with Crippen LogP contribution in [0.3, 0.4) is 0 Å². The predicted molar refractivity (Wildman–Crippen MR) is 114 cm³/mol. The molecule has 2 aromatic carbocycles. The van der Waals surface area contributed by atoms with Gasteiger partial charge in [-0.3, -0.25) is 4.79 Å². The molecule has 0 spiro atoms. The summed E-state index contributed by atoms with van der Waals surface area (Å²) in [5.41, 5.74) is 1.56. The molecule has 0 aromatic heterocycles. The highest BCUT2D eigenvalue weighted by Gasteiger charge is 2.26. The minimum atomic E-state index is -3.95. The van der Waals surface area contributed by atoms with Crippen molar-refractivity contribution in [2.75, 3.05) is 6.54 Å². The zero-order chi connectivity index (χ0) is 22.4. The Kier molecular flexibility index (Phi) is 7.59. The van der Waals surface area contributed by atoms with E-state index in [4.69, 9.17) is 5.26 Å². The number of aromatic hydroxyl groups is 1. The van der Waals surface area contributed by atoms with Crippen molar-refractivity contribution in [3.63, 3.8) is 0 Å². The SMILES string of the molecule is CC(C)(C)c1ccc(S(=O)(=O)NC(Cc2ccc(O)cc2)C(=O)NCCC#N)cc1. The Morgan fingerprint density at radius 2 is 1.70 bits per heavy atom. The van der Waals surface area contributed by atoms with E-state index in [9.17, 15) is 18.3 Å². The van der Waals surface area contributed by atoms with Crippen LogP contribution in [0.25, 0.3) is 0 Å². The third-order valence-corrected chi connectivity index (χ3v) is 6.04. The summed E-state index contributed by atoms with van der Waals surface area (Å²) in [7, 11) is -3.95. The lowest BCUT2D eigenvalue weighted by molar-refractivity contribution is -0.122. The topological polar surface area (TPSA) is 119 Å². The molecule has 3 N–H and O–H groups in total. The predicted octanol–water partition coefficient (Wildman–Crippen LogP) is 2.61. The van der Waals surface area contributed by atoms with Crippen LogP contribution < -0.4 is 10.0 Å². The average Bonchev–Trinajstić information content (AvgIpc) is 2.68. The zero-order valence-electron chi connectivity index (χ0n) is 17.3. The molecule has 0 radical (unpaired) electrons. The second-order valence-corrected chi connectivity index (χ2v) is 9.73. The van der Waals surface area contributed by atoms with Crippen molar-refractivity contribution >= 4 is 15.9 Å². The van der Waals surface area contributed by atoms with E-state index in [0.29, 0.717) is 5.56 Å². The van der Waals surface area contributed by atoms with Gasteiger partial charge in [0.05, 0.1) is 17.4 Å². The summed E-state index contributed by atoms with van der Waals surface area (Å²) >= 11 is 0. The number of hydrogen-bond donors (Lipinski definition) is 3. The number of sulfonamides is 1. The van der Waals surface area contributed by atoms with Gasteiger partial charge in [-0.05, 0) is 47.2 Å². The van der Waals surface area contributed by atoms with Crippen LogP contribution in [0.5, 0.6) is 5.75 Å². The summed E-state index contributed by atoms with van der Waals surface area (Å²) in [6, 6.07) is 13.6. The Labute approximate surface area is 177 Å². The molecule has 0 saturated heterocycles. The maximum atomic E-state index is 12.9. The molecule has 0 aliphatic heterocycles. The van der Waals surface area contributed by atoms with Crippen molar-refractivity contribution in [2.45, 2.75) is 50.0 Å². The highest BCUT2D eigenvalue weighted by atomic mass is 32.2. The van der Waals surface area contributed by atoms with Crippen LogP contribution in [0.15, 0.2) is 53.4 Å². The molecule has 0 bridgehead atoms. The van der Waals surface area contributed by atoms with E-state index < -0.39 is 22.0 Å². The number of benzene rings is 2. The van der Waals surface area contributed by atoms with Gasteiger partial charge < -0.3 is 10.4 Å². The van der Waals surface area contributed by atoms with Gasteiger partial charge in [-0.2, -0.15) is 9.98 Å². The van der Waals surface area contributed by atoms with E-state index in [1.807, 2.05) is 26.8 Å². The zero-order valence-corrected chi connectivity index (χ0v) is 18.2. The van der Waals surface area contributed by atoms with Crippen molar-refractivity contribution < 1.29 is 18.3 Å². The van der Waals surface area contributed by atoms with Crippen LogP contribution in [0.4, 0.5) is 0 Å². The Bertz CT molecular complexity index is 1000. The number of hydrogen-bond acceptors (Lipinski definition) is 5. The first-order valence-corrected chi connectivity index (χ1v) is 11.1. The van der Waals surface area contributed by atoms with Gasteiger partial charge in [-0.25, -0.2) is 8.42 Å². The van der Waals surface area contributed by atoms with Gasteiger partial charge in [0.1, 0.15) is 11.8 Å². The third-order valence-electron chi connectivity index (χ3n) is 4.56. The lowest BCUT2D eigenvalue weighted by atomic mass is 9.87. The lowest BCUT2D eigenvalue weighted by Crippen LogP contribution is -2.48. The van der Waals surface area contributed by atoms with E-state index >= 15 is 0 Å². The van der Waals surface area contributed by atoms with Crippen LogP contribution in [0.1, 0.15) is 38.3 Å². The van der Waals surface area contributed by atoms with Crippen LogP contribution >= 0.6 is 0 Å². The van der Waals surface area contributed by atoms with Crippen molar-refractivity contribution in [1.82, 2.24) is 10.0 Å². The number of nitrogens with zero attached hydrogens (tertiary/aromatic N) is 1. The minimum absolute atomic E-state index is 0.0658. The fourth-order valence-corrected chi connectivity index (χ4v) is 4.01. The molecule has 160 valence electrons. The fourth-order valence-electron chi connectivity index (χ4n) is 2.81. The van der Waals surface area contributed by atoms with Crippen molar-refractivity contribution in [2.24, 2.45) is 0 Å². The standard InChI is InChI=1S/C22H27N3O4S/c1-22(2,3)17-7-11-19(12-8-17)30(28,29)25-20(21(27)24-14-4-13-23)15-16-5-9-18(26)10-6-16/h5-12,20,25-26H,4,14-15H2,1-3H3,(H,24,27). The molecule has 2 aromatic rings. The largest absolute Gasteiger partial charge is 0.508 e. The van der Waals surface area contributed by atoms with Crippen molar-refractivity contribution in [1.29, 1.82) is 5.26 Å². The lowest BCUT2D eigenvalue weighted by Gasteiger charge is -2.21. The summed E-state index contributed by atoms with van der Waals surface area (Å²) in [6.45, 7) is 6.24. The smallest absolute Gasteiger partial charge is 0.241 e. The number of phenols is 1. The van der Waals surface area contributed by atoms with E-state index in [1.54, 1.807) is 24.3 Å². The maximum Gasteiger partial charge on any atom is 0.241 e. The molecule has 1 unspecified atom stereocenters. The normalized spacial score (nSPS) is 12.7. The molecule has 0 heterocycles. The number of nitriles is 1. The van der Waals surface area contributed by atoms with Crippen molar-refractivity contribution in [3.05, 3.63) is 59.7 Å². The van der Waals surface area contributed by atoms with Gasteiger partial charge in [0.25, 0.3) is 0 Å². The molecule has 8 heteroatoms. The number of rotatable bonds is 8. The molecule has 0 saturated carbocycles. The molecule has 0 fully saturated rings. The molecule has 2 rings (SSSR count). The maximum absolute atomic E-state index is 12.9. The number of phenolic OH excluding ortho intramolecular Hbond substituents is 1. The van der Waals surface area contributed by atoms with E-state index in [1.165, 1.54) is 24.3 Å². The molecule has 1 amide bonds. The van der Waals surface area contributed by atoms with Gasteiger partial charge in [-0.1, -0.05) is 45.0 Å². The van der Waals surface area contributed by atoms with Gasteiger partial charge >= 0.3 is 0 Å². The van der Waals surface area contributed by atoms with Gasteiger partial charge in [0, 0.05) is 6.54 Å². The molecular weight excluding hydrogens is 402 g/mol. The monoisotopic (exact) mass is 429 g/mol. The summed E-state index contributed by atoms with van der Waals surface area (Å²) in [4.78, 5) is 12.7. The van der Waals surface area contributed by atoms with E-state index in [0.717, 1.165) is 5.56 Å². The van der Waals surface area contributed by atoms with Crippen molar-refractivity contribution in [3.8, 4) is 11.8 Å². The summed E-state index contributed by atoms with van der Waals surface area (Å²) in [5, 5.41) is 20.7.